The summed E-state index contributed by atoms with van der Waals surface area (Å²) in [7, 11) is 0. The van der Waals surface area contributed by atoms with E-state index in [1.54, 1.807) is 0 Å². The summed E-state index contributed by atoms with van der Waals surface area (Å²) in [6, 6.07) is 14.5. The smallest absolute Gasteiger partial charge is 0.228 e. The van der Waals surface area contributed by atoms with Gasteiger partial charge in [0.2, 0.25) is 5.95 Å². The van der Waals surface area contributed by atoms with Gasteiger partial charge >= 0.3 is 0 Å². The van der Waals surface area contributed by atoms with Crippen LogP contribution in [-0.2, 0) is 11.2 Å². The lowest BCUT2D eigenvalue weighted by molar-refractivity contribution is 0.122. The first-order chi connectivity index (χ1) is 13.4. The molecule has 1 aromatic carbocycles. The lowest BCUT2D eigenvalue weighted by Gasteiger charge is -2.28. The van der Waals surface area contributed by atoms with Crippen LogP contribution in [0, 0.1) is 0 Å². The fourth-order valence-corrected chi connectivity index (χ4v) is 3.76. The molecule has 0 radical (unpaired) electrons. The van der Waals surface area contributed by atoms with E-state index < -0.39 is 0 Å². The highest BCUT2D eigenvalue weighted by Crippen LogP contribution is 2.38. The molecule has 0 atom stereocenters. The molecule has 2 aromatic heterocycles. The Morgan fingerprint density at radius 1 is 0.852 bits per heavy atom. The number of pyridine rings is 1. The van der Waals surface area contributed by atoms with Crippen LogP contribution in [0.1, 0.15) is 5.56 Å². The van der Waals surface area contributed by atoms with Crippen LogP contribution in [-0.4, -0.2) is 47.8 Å². The maximum Gasteiger partial charge on any atom is 0.228 e. The Morgan fingerprint density at radius 2 is 1.63 bits per heavy atom. The number of ether oxygens (including phenoxy) is 1. The monoisotopic (exact) mass is 359 g/mol. The zero-order valence-electron chi connectivity index (χ0n) is 15.1. The average Bonchev–Trinajstić information content (AvgIpc) is 3.19. The highest BCUT2D eigenvalue weighted by Gasteiger charge is 2.28. The lowest BCUT2D eigenvalue weighted by atomic mass is 10.1. The maximum absolute atomic E-state index is 5.50. The van der Waals surface area contributed by atoms with E-state index in [9.17, 15) is 0 Å². The molecule has 0 unspecified atom stereocenters. The second-order valence-corrected chi connectivity index (χ2v) is 6.75. The first kappa shape index (κ1) is 16.2. The van der Waals surface area contributed by atoms with Crippen molar-refractivity contribution in [3.63, 3.8) is 0 Å². The van der Waals surface area contributed by atoms with E-state index in [0.717, 1.165) is 68.0 Å². The minimum absolute atomic E-state index is 0.717. The number of rotatable bonds is 3. The van der Waals surface area contributed by atoms with E-state index in [4.69, 9.17) is 14.7 Å². The van der Waals surface area contributed by atoms with Crippen molar-refractivity contribution in [1.82, 2.24) is 15.0 Å². The first-order valence-corrected chi connectivity index (χ1v) is 9.37. The molecule has 0 saturated carbocycles. The number of aromatic nitrogens is 3. The van der Waals surface area contributed by atoms with Crippen molar-refractivity contribution >= 4 is 17.5 Å². The molecule has 4 heterocycles. The molecular formula is C21H21N5O. The maximum atomic E-state index is 5.50. The zero-order chi connectivity index (χ0) is 18.1. The first-order valence-electron chi connectivity index (χ1n) is 9.37. The summed E-state index contributed by atoms with van der Waals surface area (Å²) in [5.41, 5.74) is 4.52. The number of anilines is 3. The molecule has 2 aliphatic heterocycles. The summed E-state index contributed by atoms with van der Waals surface area (Å²) in [5, 5.41) is 0. The molecule has 0 N–H and O–H groups in total. The van der Waals surface area contributed by atoms with Crippen LogP contribution in [0.5, 0.6) is 0 Å². The van der Waals surface area contributed by atoms with Crippen LogP contribution in [0.4, 0.5) is 17.5 Å². The molecule has 6 heteroatoms. The Morgan fingerprint density at radius 3 is 2.41 bits per heavy atom. The lowest BCUT2D eigenvalue weighted by Crippen LogP contribution is -2.37. The minimum Gasteiger partial charge on any atom is -0.378 e. The summed E-state index contributed by atoms with van der Waals surface area (Å²) in [5.74, 6) is 1.80. The van der Waals surface area contributed by atoms with E-state index in [0.29, 0.717) is 0 Å². The number of benzene rings is 1. The van der Waals surface area contributed by atoms with Crippen LogP contribution in [0.2, 0.25) is 0 Å². The van der Waals surface area contributed by atoms with Crippen molar-refractivity contribution in [3.05, 3.63) is 60.4 Å². The van der Waals surface area contributed by atoms with Crippen molar-refractivity contribution in [2.75, 3.05) is 42.6 Å². The third kappa shape index (κ3) is 3.02. The van der Waals surface area contributed by atoms with Crippen LogP contribution >= 0.6 is 0 Å². The number of morpholine rings is 1. The normalized spacial score (nSPS) is 16.4. The van der Waals surface area contributed by atoms with Gasteiger partial charge in [0.25, 0.3) is 0 Å². The Bertz CT molecular complexity index is 926. The molecular weight excluding hydrogens is 338 g/mol. The van der Waals surface area contributed by atoms with Crippen LogP contribution in [0.15, 0.2) is 54.9 Å². The van der Waals surface area contributed by atoms with E-state index in [1.165, 1.54) is 5.56 Å². The zero-order valence-corrected chi connectivity index (χ0v) is 15.1. The number of hydrogen-bond donors (Lipinski definition) is 0. The van der Waals surface area contributed by atoms with Gasteiger partial charge in [-0.2, -0.15) is 4.98 Å². The molecule has 0 bridgehead atoms. The average molecular weight is 359 g/mol. The fraction of sp³-hybridized carbons (Fsp3) is 0.286. The van der Waals surface area contributed by atoms with Gasteiger partial charge in [-0.25, -0.2) is 4.98 Å². The largest absolute Gasteiger partial charge is 0.378 e. The number of fused-ring (bicyclic) bond motifs is 1. The topological polar surface area (TPSA) is 54.4 Å². The summed E-state index contributed by atoms with van der Waals surface area (Å²) >= 11 is 0. The summed E-state index contributed by atoms with van der Waals surface area (Å²) < 4.78 is 5.50. The Balaban J connectivity index is 1.65. The quantitative estimate of drug-likeness (QED) is 0.716. The van der Waals surface area contributed by atoms with Gasteiger partial charge in [-0.15, -0.1) is 0 Å². The van der Waals surface area contributed by atoms with Crippen molar-refractivity contribution in [3.8, 4) is 11.3 Å². The van der Waals surface area contributed by atoms with Gasteiger partial charge in [0, 0.05) is 48.8 Å². The van der Waals surface area contributed by atoms with Gasteiger partial charge < -0.3 is 14.5 Å². The van der Waals surface area contributed by atoms with Gasteiger partial charge in [-0.05, 0) is 18.6 Å². The van der Waals surface area contributed by atoms with Crippen molar-refractivity contribution in [2.24, 2.45) is 0 Å². The number of nitrogens with zero attached hydrogens (tertiary/aromatic N) is 5. The van der Waals surface area contributed by atoms with Crippen molar-refractivity contribution in [1.29, 1.82) is 0 Å². The van der Waals surface area contributed by atoms with E-state index in [2.05, 4.69) is 39.0 Å². The van der Waals surface area contributed by atoms with Gasteiger partial charge in [-0.1, -0.05) is 30.3 Å². The van der Waals surface area contributed by atoms with E-state index in [1.807, 2.05) is 30.6 Å². The van der Waals surface area contributed by atoms with Crippen molar-refractivity contribution < 1.29 is 4.74 Å². The highest BCUT2D eigenvalue weighted by atomic mass is 16.5. The summed E-state index contributed by atoms with van der Waals surface area (Å²) in [6.45, 7) is 3.98. The molecule has 136 valence electrons. The Kier molecular flexibility index (Phi) is 4.18. The van der Waals surface area contributed by atoms with Gasteiger partial charge in [-0.3, -0.25) is 4.98 Å². The molecule has 0 aliphatic carbocycles. The standard InChI is InChI=1S/C21H21N5O/c1-2-4-16(5-3-1)19-18-8-11-26(17-6-9-22-10-7-17)20(18)24-21(23-19)25-12-14-27-15-13-25/h1-7,9-10H,8,11-15H2. The highest BCUT2D eigenvalue weighted by molar-refractivity contribution is 5.76. The molecule has 0 amide bonds. The van der Waals surface area contributed by atoms with Gasteiger partial charge in [0.1, 0.15) is 5.82 Å². The van der Waals surface area contributed by atoms with Crippen LogP contribution in [0.25, 0.3) is 11.3 Å². The van der Waals surface area contributed by atoms with E-state index >= 15 is 0 Å². The second kappa shape index (κ2) is 6.96. The number of hydrogen-bond acceptors (Lipinski definition) is 6. The molecule has 1 saturated heterocycles. The van der Waals surface area contributed by atoms with E-state index in [-0.39, 0.29) is 0 Å². The molecule has 0 spiro atoms. The predicted molar refractivity (Wildman–Crippen MR) is 105 cm³/mol. The molecule has 5 rings (SSSR count). The van der Waals surface area contributed by atoms with Crippen LogP contribution < -0.4 is 9.80 Å². The molecule has 2 aliphatic rings. The van der Waals surface area contributed by atoms with Crippen LogP contribution in [0.3, 0.4) is 0 Å². The Hall–Kier alpha value is -2.99. The fourth-order valence-electron chi connectivity index (χ4n) is 3.76. The van der Waals surface area contributed by atoms with Gasteiger partial charge in [0.05, 0.1) is 18.9 Å². The summed E-state index contributed by atoms with van der Waals surface area (Å²) in [4.78, 5) is 18.6. The molecule has 6 nitrogen and oxygen atoms in total. The SMILES string of the molecule is c1ccc(-c2nc(N3CCOCC3)nc3c2CCN3c2ccncc2)cc1. The third-order valence-corrected chi connectivity index (χ3v) is 5.13. The predicted octanol–water partition coefficient (Wildman–Crippen LogP) is 3.07. The molecule has 3 aromatic rings. The Labute approximate surface area is 158 Å². The van der Waals surface area contributed by atoms with Gasteiger partial charge in [0.15, 0.2) is 0 Å². The third-order valence-electron chi connectivity index (χ3n) is 5.13. The summed E-state index contributed by atoms with van der Waals surface area (Å²) in [6.07, 6.45) is 4.59. The minimum atomic E-state index is 0.717. The molecule has 1 fully saturated rings. The van der Waals surface area contributed by atoms with Crippen molar-refractivity contribution in [2.45, 2.75) is 6.42 Å². The second-order valence-electron chi connectivity index (χ2n) is 6.75. The molecule has 27 heavy (non-hydrogen) atoms.